The standard InChI is InChI=1S/C18H27N5O2/c1-12-9-13(2)14(3)16(10-12)25-8-6-7-19-18(24)21-15(4)17-22-20-11-23(17)5/h9-11,15H,6-8H2,1-5H3,(H2,19,21,24)/t15-/m1/s1. The van der Waals surface area contributed by atoms with Gasteiger partial charge in [-0.3, -0.25) is 0 Å². The molecule has 1 aromatic carbocycles. The summed E-state index contributed by atoms with van der Waals surface area (Å²) in [7, 11) is 1.84. The lowest BCUT2D eigenvalue weighted by Gasteiger charge is -2.14. The lowest BCUT2D eigenvalue weighted by molar-refractivity contribution is 0.235. The van der Waals surface area contributed by atoms with E-state index < -0.39 is 0 Å². The Bertz CT molecular complexity index is 726. The summed E-state index contributed by atoms with van der Waals surface area (Å²) in [4.78, 5) is 11.9. The highest BCUT2D eigenvalue weighted by atomic mass is 16.5. The summed E-state index contributed by atoms with van der Waals surface area (Å²) in [5.41, 5.74) is 3.58. The second-order valence-electron chi connectivity index (χ2n) is 6.33. The fourth-order valence-electron chi connectivity index (χ4n) is 2.60. The van der Waals surface area contributed by atoms with Crippen LogP contribution in [0.25, 0.3) is 0 Å². The Hall–Kier alpha value is -2.57. The number of aryl methyl sites for hydroxylation is 3. The van der Waals surface area contributed by atoms with Crippen LogP contribution in [0.5, 0.6) is 5.75 Å². The summed E-state index contributed by atoms with van der Waals surface area (Å²) >= 11 is 0. The molecule has 0 spiro atoms. The van der Waals surface area contributed by atoms with E-state index in [0.717, 1.165) is 17.7 Å². The van der Waals surface area contributed by atoms with Crippen molar-refractivity contribution in [3.05, 3.63) is 41.0 Å². The molecule has 7 heteroatoms. The highest BCUT2D eigenvalue weighted by molar-refractivity contribution is 5.74. The van der Waals surface area contributed by atoms with Gasteiger partial charge in [0, 0.05) is 13.6 Å². The van der Waals surface area contributed by atoms with Gasteiger partial charge in [-0.1, -0.05) is 6.07 Å². The van der Waals surface area contributed by atoms with Gasteiger partial charge < -0.3 is 19.9 Å². The predicted molar refractivity (Wildman–Crippen MR) is 96.7 cm³/mol. The number of nitrogens with zero attached hydrogens (tertiary/aromatic N) is 3. The van der Waals surface area contributed by atoms with Crippen LogP contribution in [-0.4, -0.2) is 33.9 Å². The molecule has 0 radical (unpaired) electrons. The van der Waals surface area contributed by atoms with Gasteiger partial charge in [0.2, 0.25) is 0 Å². The Morgan fingerprint density at radius 3 is 2.76 bits per heavy atom. The quantitative estimate of drug-likeness (QED) is 0.756. The zero-order valence-corrected chi connectivity index (χ0v) is 15.6. The smallest absolute Gasteiger partial charge is 0.315 e. The number of carbonyl (C=O) groups excluding carboxylic acids is 1. The van der Waals surface area contributed by atoms with E-state index in [-0.39, 0.29) is 12.1 Å². The number of urea groups is 1. The molecule has 1 aromatic heterocycles. The van der Waals surface area contributed by atoms with Gasteiger partial charge in [0.15, 0.2) is 5.82 Å². The van der Waals surface area contributed by atoms with E-state index in [1.165, 1.54) is 11.1 Å². The van der Waals surface area contributed by atoms with Crippen molar-refractivity contribution in [2.75, 3.05) is 13.2 Å². The number of aromatic nitrogens is 3. The van der Waals surface area contributed by atoms with Gasteiger partial charge >= 0.3 is 6.03 Å². The summed E-state index contributed by atoms with van der Waals surface area (Å²) in [6.45, 7) is 9.17. The van der Waals surface area contributed by atoms with Crippen LogP contribution < -0.4 is 15.4 Å². The monoisotopic (exact) mass is 345 g/mol. The van der Waals surface area contributed by atoms with Gasteiger partial charge in [0.05, 0.1) is 12.6 Å². The second-order valence-corrected chi connectivity index (χ2v) is 6.33. The maximum Gasteiger partial charge on any atom is 0.315 e. The van der Waals surface area contributed by atoms with Crippen molar-refractivity contribution in [1.29, 1.82) is 0 Å². The minimum Gasteiger partial charge on any atom is -0.493 e. The van der Waals surface area contributed by atoms with Crippen molar-refractivity contribution in [3.63, 3.8) is 0 Å². The molecule has 2 rings (SSSR count). The molecule has 25 heavy (non-hydrogen) atoms. The molecule has 0 unspecified atom stereocenters. The number of amides is 2. The minimum absolute atomic E-state index is 0.207. The lowest BCUT2D eigenvalue weighted by atomic mass is 10.1. The highest BCUT2D eigenvalue weighted by Gasteiger charge is 2.13. The molecule has 0 saturated carbocycles. The Kier molecular flexibility index (Phi) is 6.38. The third-order valence-electron chi connectivity index (χ3n) is 4.11. The first-order chi connectivity index (χ1) is 11.9. The van der Waals surface area contributed by atoms with E-state index in [2.05, 4.69) is 47.7 Å². The summed E-state index contributed by atoms with van der Waals surface area (Å²) in [6.07, 6.45) is 2.34. The average molecular weight is 345 g/mol. The molecule has 136 valence electrons. The Morgan fingerprint density at radius 1 is 1.32 bits per heavy atom. The number of nitrogens with one attached hydrogen (secondary N) is 2. The molecule has 0 bridgehead atoms. The number of carbonyl (C=O) groups is 1. The van der Waals surface area contributed by atoms with E-state index in [1.807, 2.05) is 20.0 Å². The maximum absolute atomic E-state index is 11.9. The van der Waals surface area contributed by atoms with E-state index >= 15 is 0 Å². The molecular weight excluding hydrogens is 318 g/mol. The highest BCUT2D eigenvalue weighted by Crippen LogP contribution is 2.23. The van der Waals surface area contributed by atoms with Crippen LogP contribution in [-0.2, 0) is 7.05 Å². The van der Waals surface area contributed by atoms with Gasteiger partial charge in [-0.05, 0) is 56.9 Å². The van der Waals surface area contributed by atoms with Crippen molar-refractivity contribution < 1.29 is 9.53 Å². The fraction of sp³-hybridized carbons (Fsp3) is 0.500. The largest absolute Gasteiger partial charge is 0.493 e. The van der Waals surface area contributed by atoms with E-state index in [1.54, 1.807) is 10.9 Å². The van der Waals surface area contributed by atoms with Crippen LogP contribution >= 0.6 is 0 Å². The van der Waals surface area contributed by atoms with E-state index in [4.69, 9.17) is 4.74 Å². The molecule has 1 heterocycles. The zero-order chi connectivity index (χ0) is 18.4. The Balaban J connectivity index is 1.69. The van der Waals surface area contributed by atoms with Crippen molar-refractivity contribution in [3.8, 4) is 5.75 Å². The fourth-order valence-corrected chi connectivity index (χ4v) is 2.60. The Labute approximate surface area is 148 Å². The molecule has 1 atom stereocenters. The van der Waals surface area contributed by atoms with Crippen molar-refractivity contribution in [2.24, 2.45) is 7.05 Å². The Morgan fingerprint density at radius 2 is 2.08 bits per heavy atom. The van der Waals surface area contributed by atoms with Crippen LogP contribution in [0.2, 0.25) is 0 Å². The molecule has 2 amide bonds. The molecule has 0 aliphatic rings. The topological polar surface area (TPSA) is 81.1 Å². The number of rotatable bonds is 7. The van der Waals surface area contributed by atoms with Crippen LogP contribution in [0.15, 0.2) is 18.5 Å². The van der Waals surface area contributed by atoms with E-state index in [9.17, 15) is 4.79 Å². The summed E-state index contributed by atoms with van der Waals surface area (Å²) in [5, 5.41) is 13.5. The predicted octanol–water partition coefficient (Wildman–Crippen LogP) is 2.57. The number of ether oxygens (including phenoxy) is 1. The average Bonchev–Trinajstić information content (AvgIpc) is 2.97. The van der Waals surface area contributed by atoms with Crippen LogP contribution in [0.4, 0.5) is 4.79 Å². The first-order valence-electron chi connectivity index (χ1n) is 8.47. The van der Waals surface area contributed by atoms with Crippen molar-refractivity contribution >= 4 is 6.03 Å². The lowest BCUT2D eigenvalue weighted by Crippen LogP contribution is -2.38. The van der Waals surface area contributed by atoms with Crippen molar-refractivity contribution in [1.82, 2.24) is 25.4 Å². The zero-order valence-electron chi connectivity index (χ0n) is 15.6. The number of hydrogen-bond donors (Lipinski definition) is 2. The van der Waals surface area contributed by atoms with Crippen molar-refractivity contribution in [2.45, 2.75) is 40.2 Å². The molecule has 2 aromatic rings. The molecule has 0 aliphatic carbocycles. The molecule has 0 saturated heterocycles. The first-order valence-corrected chi connectivity index (χ1v) is 8.47. The van der Waals surface area contributed by atoms with Gasteiger partial charge in [0.1, 0.15) is 12.1 Å². The number of benzene rings is 1. The third kappa shape index (κ3) is 5.20. The molecule has 0 aliphatic heterocycles. The normalized spacial score (nSPS) is 11.9. The van der Waals surface area contributed by atoms with Gasteiger partial charge in [-0.15, -0.1) is 10.2 Å². The number of hydrogen-bond acceptors (Lipinski definition) is 4. The molecular formula is C18H27N5O2. The maximum atomic E-state index is 11.9. The molecule has 0 fully saturated rings. The summed E-state index contributed by atoms with van der Waals surface area (Å²) in [6, 6.07) is 3.76. The molecule has 7 nitrogen and oxygen atoms in total. The van der Waals surface area contributed by atoms with E-state index in [0.29, 0.717) is 19.0 Å². The van der Waals surface area contributed by atoms with Crippen LogP contribution in [0.1, 0.15) is 41.9 Å². The van der Waals surface area contributed by atoms with Gasteiger partial charge in [-0.25, -0.2) is 4.79 Å². The summed E-state index contributed by atoms with van der Waals surface area (Å²) in [5.74, 6) is 1.63. The van der Waals surface area contributed by atoms with Crippen LogP contribution in [0.3, 0.4) is 0 Å². The van der Waals surface area contributed by atoms with Gasteiger partial charge in [0.25, 0.3) is 0 Å². The minimum atomic E-state index is -0.224. The third-order valence-corrected chi connectivity index (χ3v) is 4.11. The first kappa shape index (κ1) is 18.8. The SMILES string of the molecule is Cc1cc(C)c(C)c(OCCCNC(=O)N[C@H](C)c2nncn2C)c1. The second kappa shape index (κ2) is 8.50. The van der Waals surface area contributed by atoms with Gasteiger partial charge in [-0.2, -0.15) is 0 Å². The summed E-state index contributed by atoms with van der Waals surface area (Å²) < 4.78 is 7.63. The molecule has 2 N–H and O–H groups in total. The van der Waals surface area contributed by atoms with Crippen LogP contribution in [0, 0.1) is 20.8 Å².